The Morgan fingerprint density at radius 1 is 0.419 bits per heavy atom. The first-order valence-corrected chi connectivity index (χ1v) is 39.4. The third-order valence-corrected chi connectivity index (χ3v) is 20.3. The first-order valence-electron chi connectivity index (χ1n) is 37.6. The predicted octanol–water partition coefficient (Wildman–Crippen LogP) is -25.3. The lowest BCUT2D eigenvalue weighted by Gasteiger charge is -2.45. The molecule has 0 aromatic rings. The molecule has 0 aliphatic rings. The van der Waals surface area contributed by atoms with Gasteiger partial charge in [-0.1, -0.05) is 0 Å². The lowest BCUT2D eigenvalue weighted by atomic mass is 9.72. The zero-order valence-corrected chi connectivity index (χ0v) is 67.5. The fourth-order valence-electron chi connectivity index (χ4n) is 11.9. The minimum absolute atomic E-state index is 0.211. The highest BCUT2D eigenvalue weighted by Crippen LogP contribution is 2.37. The van der Waals surface area contributed by atoms with Gasteiger partial charge >= 0.3 is 19.5 Å². The molecule has 27 unspecified atom stereocenters. The summed E-state index contributed by atoms with van der Waals surface area (Å²) in [6, 6.07) is -6.76. The Kier molecular flexibility index (Phi) is 59.3. The van der Waals surface area contributed by atoms with E-state index in [0.717, 1.165) is 14.7 Å². The van der Waals surface area contributed by atoms with Crippen LogP contribution in [0, 0.1) is 10.8 Å². The van der Waals surface area contributed by atoms with E-state index in [1.54, 1.807) is 11.0 Å². The normalized spacial score (nSPS) is 20.3. The predicted molar refractivity (Wildman–Crippen MR) is 398 cm³/mol. The first-order chi connectivity index (χ1) is 58.0. The fourth-order valence-corrected chi connectivity index (χ4v) is 12.7. The van der Waals surface area contributed by atoms with Crippen LogP contribution in [0.4, 0.5) is 0 Å². The van der Waals surface area contributed by atoms with E-state index >= 15 is 0 Å². The molecule has 28 atom stereocenters. The maximum Gasteiger partial charge on any atom is 0.339 e. The van der Waals surface area contributed by atoms with E-state index < -0.39 is 390 Å². The summed E-state index contributed by atoms with van der Waals surface area (Å²) in [7, 11) is -5.37. The second-order valence-electron chi connectivity index (χ2n) is 29.2. The van der Waals surface area contributed by atoms with Gasteiger partial charge in [-0.15, -0.1) is 0 Å². The Labute approximate surface area is 704 Å². The number of hydrogen-bond acceptors (Lipinski definition) is 54. The van der Waals surface area contributed by atoms with Crippen LogP contribution in [0.3, 0.4) is 0 Å². The maximum absolute atomic E-state index is 14.2. The number of aliphatic carboxylic acids is 2. The van der Waals surface area contributed by atoms with Gasteiger partial charge in [-0.2, -0.15) is 11.0 Å². The number of aliphatic hydroxyl groups is 31. The number of nitrogens with zero attached hydrogens (tertiary/aromatic N) is 4. The molecule has 0 saturated carbocycles. The number of carbonyl (C=O) groups excluding carboxylic acids is 4. The van der Waals surface area contributed by atoms with Crippen LogP contribution in [0.5, 0.6) is 0 Å². The minimum atomic E-state index is -5.37. The molecule has 2 amide bonds. The van der Waals surface area contributed by atoms with Crippen molar-refractivity contribution in [2.45, 2.75) is 190 Å². The number of hydroxylamine groups is 5. The maximum atomic E-state index is 14.2. The van der Waals surface area contributed by atoms with Gasteiger partial charge in [-0.05, 0) is 12.8 Å². The third kappa shape index (κ3) is 41.9. The number of rotatable bonds is 77. The Morgan fingerprint density at radius 3 is 1.10 bits per heavy atom. The Bertz CT molecular complexity index is 2830. The molecule has 0 saturated heterocycles. The summed E-state index contributed by atoms with van der Waals surface area (Å²) in [5, 5.41) is 365. The molecule has 0 aliphatic carbocycles. The average molecular weight is 1850 g/mol. The van der Waals surface area contributed by atoms with Crippen LogP contribution in [0.25, 0.3) is 0 Å². The van der Waals surface area contributed by atoms with Crippen LogP contribution >= 0.6 is 7.60 Å². The summed E-state index contributed by atoms with van der Waals surface area (Å²) in [5.74, 6) is -6.88. The molecule has 0 fully saturated rings. The SMILES string of the molecule is O=COCN(CCN(CCN(CC(=O)O)[C@@H](CC(=O)NCC(CNOCC(O)C(O)C(O)C(O)CO)(CNOCC(O)C(O)C(O)C(O)CO)CNOCC(O)C(O)C(O)C(O)CO)C(=O)O)CP(=O)(O)O)C(CN(CO)CC(CNC(=O)C(O)C(O)C(O)C(O)CO)(CC(NO)C(O)C(O)C(O)C(O)CO)CC(NO)C(O)C(O)C(O)C(O)CO)OC=O. The molecule has 124 heavy (non-hydrogen) atoms. The van der Waals surface area contributed by atoms with Crippen molar-refractivity contribution in [1.82, 2.24) is 57.6 Å². The van der Waals surface area contributed by atoms with E-state index in [9.17, 15) is 222 Å². The molecule has 0 radical (unpaired) electrons. The van der Waals surface area contributed by atoms with Crippen LogP contribution in [-0.4, -0.2) is 574 Å². The zero-order chi connectivity index (χ0) is 95.3. The van der Waals surface area contributed by atoms with E-state index in [2.05, 4.69) is 27.1 Å². The molecular weight excluding hydrogens is 1730 g/mol. The van der Waals surface area contributed by atoms with Gasteiger partial charge in [0.25, 0.3) is 18.9 Å². The zero-order valence-electron chi connectivity index (χ0n) is 66.6. The van der Waals surface area contributed by atoms with Crippen LogP contribution in [0.1, 0.15) is 19.3 Å². The van der Waals surface area contributed by atoms with Gasteiger partial charge in [-0.25, -0.2) is 21.3 Å². The third-order valence-electron chi connectivity index (χ3n) is 19.6. The minimum Gasteiger partial charge on any atom is -0.480 e. The molecule has 734 valence electrons. The van der Waals surface area contributed by atoms with E-state index in [0.29, 0.717) is 4.90 Å². The lowest BCUT2D eigenvalue weighted by molar-refractivity contribution is -0.161. The monoisotopic (exact) mass is 1850 g/mol. The smallest absolute Gasteiger partial charge is 0.339 e. The van der Waals surface area contributed by atoms with Crippen LogP contribution in [0.2, 0.25) is 0 Å². The van der Waals surface area contributed by atoms with Crippen molar-refractivity contribution in [3.8, 4) is 0 Å². The van der Waals surface area contributed by atoms with Crippen molar-refractivity contribution < 1.29 is 246 Å². The highest BCUT2D eigenvalue weighted by molar-refractivity contribution is 7.51. The summed E-state index contributed by atoms with van der Waals surface area (Å²) in [5.41, 5.74) is 5.63. The number of nitrogens with one attached hydrogen (secondary N) is 7. The van der Waals surface area contributed by atoms with E-state index in [1.807, 2.05) is 0 Å². The van der Waals surface area contributed by atoms with Gasteiger partial charge in [0.05, 0.1) is 97.8 Å². The fraction of sp³-hybridized carbons (Fsp3) is 0.905. The Balaban J connectivity index is 8.26. The van der Waals surface area contributed by atoms with Crippen molar-refractivity contribution in [1.29, 1.82) is 0 Å². The number of carbonyl (C=O) groups is 6. The molecule has 0 heterocycles. The highest BCUT2D eigenvalue weighted by atomic mass is 31.2. The van der Waals surface area contributed by atoms with Gasteiger partial charge in [0, 0.05) is 76.3 Å². The highest BCUT2D eigenvalue weighted by Gasteiger charge is 2.48. The molecule has 0 aliphatic heterocycles. The molecule has 0 aromatic heterocycles. The molecule has 61 heteroatoms. The number of hydrogen-bond donors (Lipinski definition) is 44. The first kappa shape index (κ1) is 119. The summed E-state index contributed by atoms with van der Waals surface area (Å²) in [6.45, 7) is -24.3. The van der Waals surface area contributed by atoms with Crippen molar-refractivity contribution >= 4 is 44.3 Å². The molecular formula is C63H128N11O49P. The Hall–Kier alpha value is -4.83. The summed E-state index contributed by atoms with van der Waals surface area (Å²) >= 11 is 0. The van der Waals surface area contributed by atoms with Crippen LogP contribution < -0.4 is 38.0 Å². The second-order valence-corrected chi connectivity index (χ2v) is 30.8. The summed E-state index contributed by atoms with van der Waals surface area (Å²) in [6.07, 6.45) is -62.8. The van der Waals surface area contributed by atoms with Gasteiger partial charge in [0.2, 0.25) is 5.91 Å². The van der Waals surface area contributed by atoms with Crippen molar-refractivity contribution in [2.24, 2.45) is 10.8 Å². The Morgan fingerprint density at radius 2 is 0.774 bits per heavy atom. The lowest BCUT2D eigenvalue weighted by Crippen LogP contribution is -2.61. The van der Waals surface area contributed by atoms with Crippen molar-refractivity contribution in [3.63, 3.8) is 0 Å². The van der Waals surface area contributed by atoms with Gasteiger partial charge in [0.1, 0.15) is 159 Å². The number of amides is 2. The topological polar surface area (TPSA) is 1010 Å². The molecule has 0 spiro atoms. The van der Waals surface area contributed by atoms with E-state index in [-0.39, 0.29) is 12.9 Å². The molecule has 44 N–H and O–H groups in total. The number of carboxylic acid groups (broad SMARTS) is 2. The van der Waals surface area contributed by atoms with Gasteiger partial charge in [-0.3, -0.25) is 62.5 Å². The number of carboxylic acids is 2. The molecule has 0 rings (SSSR count). The number of aliphatic hydroxyl groups excluding tert-OH is 31. The van der Waals surface area contributed by atoms with Crippen molar-refractivity contribution in [3.05, 3.63) is 0 Å². The average Bonchev–Trinajstić information content (AvgIpc) is 0.795. The summed E-state index contributed by atoms with van der Waals surface area (Å²) in [4.78, 5) is 118. The van der Waals surface area contributed by atoms with Gasteiger partial charge < -0.3 is 209 Å². The molecule has 60 nitrogen and oxygen atoms in total. The standard InChI is InChI=1S/C63H128N11O49P/c75-10-33(84)47(98)53(104)39(90)16-121-66-21-63(22-67-122-17-40(91)54(105)48(99)34(85)11-76,23-68-123-18-41(92)55(106)49(100)35(86)12-77)20-64-42(93)5-32(61(112)113)73(9-44(94)95)3-1-71(27-124(116,117)118)2-4-74(26-119-28-82)43(120-29-83)8-72(25-81)24-62(6-30(69-114)45(96)56(107)50(101)36(87)13-78,7-31(70-115)46(97)57(108)51(102)37(88)14-79)19-65-60(111)59(110)58(109)52(103)38(89)15-80/h28-41,43,45-59,66-70,75-81,84-92,96-110,114-115H,1-27H2,(H,64,93)(H,65,111)(H,94,95)(H,112,113)(H2,116,117,118)/t30?,31?,32-,33?,34?,35?,36?,37?,38?,39?,40?,41?,43?,45?,46?,47?,48?,49?,50?,51?,52?,53?,54?,55?,56?,57?,58?,59?,62?,63?/m0/s1. The second kappa shape index (κ2) is 61.7. The van der Waals surface area contributed by atoms with Crippen LogP contribution in [-0.2, 0) is 57.3 Å². The summed E-state index contributed by atoms with van der Waals surface area (Å²) < 4.78 is 23.2. The molecule has 0 bridgehead atoms. The molecule has 0 aromatic carbocycles. The van der Waals surface area contributed by atoms with Crippen molar-refractivity contribution in [2.75, 3.05) is 158 Å². The van der Waals surface area contributed by atoms with Crippen LogP contribution in [0.15, 0.2) is 0 Å². The largest absolute Gasteiger partial charge is 0.480 e. The quantitative estimate of drug-likeness (QED) is 0.00884. The van der Waals surface area contributed by atoms with E-state index in [4.69, 9.17) is 24.0 Å². The van der Waals surface area contributed by atoms with E-state index in [1.165, 1.54) is 0 Å². The van der Waals surface area contributed by atoms with Gasteiger partial charge in [0.15, 0.2) is 12.3 Å². The number of ether oxygens (including phenoxy) is 2.